The molecule has 0 aliphatic carbocycles. The van der Waals surface area contributed by atoms with Crippen molar-refractivity contribution in [3.8, 4) is 5.00 Å². The molecule has 39 heavy (non-hydrogen) atoms. The summed E-state index contributed by atoms with van der Waals surface area (Å²) >= 11 is 7.74. The van der Waals surface area contributed by atoms with Gasteiger partial charge >= 0.3 is 5.97 Å². The van der Waals surface area contributed by atoms with Gasteiger partial charge in [-0.15, -0.1) is 21.5 Å². The van der Waals surface area contributed by atoms with Gasteiger partial charge in [0.15, 0.2) is 17.1 Å². The minimum absolute atomic E-state index is 0.0137. The molecule has 3 aromatic heterocycles. The van der Waals surface area contributed by atoms with Gasteiger partial charge in [-0.05, 0) is 44.5 Å². The molecular formula is C28H24ClN5O4S. The fourth-order valence-corrected chi connectivity index (χ4v) is 6.06. The molecule has 0 saturated carbocycles. The number of amides is 1. The third-order valence-electron chi connectivity index (χ3n) is 6.84. The Hall–Kier alpha value is -4.28. The highest BCUT2D eigenvalue weighted by Gasteiger charge is 2.43. The highest BCUT2D eigenvalue weighted by Crippen LogP contribution is 2.37. The van der Waals surface area contributed by atoms with Crippen molar-refractivity contribution in [3.63, 3.8) is 0 Å². The summed E-state index contributed by atoms with van der Waals surface area (Å²) in [5.41, 5.74) is 5.58. The summed E-state index contributed by atoms with van der Waals surface area (Å²) in [6.07, 6.45) is 2.05. The monoisotopic (exact) mass is 561 g/mol. The minimum Gasteiger partial charge on any atom is -0.478 e. The van der Waals surface area contributed by atoms with Crippen molar-refractivity contribution in [2.75, 3.05) is 0 Å². The Morgan fingerprint density at radius 3 is 2.41 bits per heavy atom. The summed E-state index contributed by atoms with van der Waals surface area (Å²) in [6.45, 7) is 5.26. The molecule has 2 aromatic carbocycles. The number of hydrogen-bond donors (Lipinski definition) is 2. The van der Waals surface area contributed by atoms with Crippen molar-refractivity contribution in [2.24, 2.45) is 5.73 Å². The number of benzene rings is 2. The molecule has 1 unspecified atom stereocenters. The van der Waals surface area contributed by atoms with E-state index in [9.17, 15) is 19.5 Å². The smallest absolute Gasteiger partial charge is 0.337 e. The standard InChI is InChI=1S/C28H24ClN5O4S/c1-4-16-13-19(23(35)18-10-5-7-11-21(18)29)24(39-16)34-15(2)31-32-27(34)28(3,26(30)38)33-14-20(25(36)37)17-9-6-8-12-22(17)33/h5-14H,4H2,1-3H3,(H2,30,38)(H,36,37). The zero-order chi connectivity index (χ0) is 28.1. The molecule has 0 radical (unpaired) electrons. The molecule has 9 nitrogen and oxygen atoms in total. The number of nitrogens with zero attached hydrogens (tertiary/aromatic N) is 4. The number of para-hydroxylation sites is 1. The van der Waals surface area contributed by atoms with E-state index in [1.165, 1.54) is 22.1 Å². The van der Waals surface area contributed by atoms with Crippen molar-refractivity contribution in [1.82, 2.24) is 19.3 Å². The van der Waals surface area contributed by atoms with Gasteiger partial charge in [-0.3, -0.25) is 14.2 Å². The minimum atomic E-state index is -1.67. The number of hydrogen-bond acceptors (Lipinski definition) is 6. The number of carbonyl (C=O) groups excluding carboxylic acids is 2. The fourth-order valence-electron chi connectivity index (χ4n) is 4.70. The molecule has 198 valence electrons. The van der Waals surface area contributed by atoms with Gasteiger partial charge in [0.05, 0.1) is 21.7 Å². The Labute approximate surface area is 232 Å². The lowest BCUT2D eigenvalue weighted by molar-refractivity contribution is -0.124. The average molecular weight is 562 g/mol. The molecule has 1 atom stereocenters. The summed E-state index contributed by atoms with van der Waals surface area (Å²) in [4.78, 5) is 40.0. The number of carboxylic acid groups (broad SMARTS) is 1. The molecule has 0 saturated heterocycles. The van der Waals surface area contributed by atoms with Crippen LogP contribution in [0.5, 0.6) is 0 Å². The maximum Gasteiger partial charge on any atom is 0.337 e. The Morgan fingerprint density at radius 1 is 1.05 bits per heavy atom. The van der Waals surface area contributed by atoms with E-state index in [0.717, 1.165) is 4.88 Å². The quantitative estimate of drug-likeness (QED) is 0.256. The van der Waals surface area contributed by atoms with Crippen molar-refractivity contribution in [3.05, 3.63) is 99.0 Å². The van der Waals surface area contributed by atoms with E-state index in [-0.39, 0.29) is 17.2 Å². The lowest BCUT2D eigenvalue weighted by atomic mass is 9.99. The van der Waals surface area contributed by atoms with Gasteiger partial charge in [-0.25, -0.2) is 4.79 Å². The van der Waals surface area contributed by atoms with Gasteiger partial charge in [-0.2, -0.15) is 0 Å². The number of ketones is 1. The maximum absolute atomic E-state index is 13.7. The molecule has 11 heteroatoms. The molecule has 0 fully saturated rings. The van der Waals surface area contributed by atoms with Crippen LogP contribution in [0.4, 0.5) is 0 Å². The van der Waals surface area contributed by atoms with Crippen molar-refractivity contribution in [1.29, 1.82) is 0 Å². The van der Waals surface area contributed by atoms with Gasteiger partial charge in [0.1, 0.15) is 10.8 Å². The Balaban J connectivity index is 1.79. The number of aromatic nitrogens is 4. The average Bonchev–Trinajstić information content (AvgIpc) is 3.63. The number of halogens is 1. The van der Waals surface area contributed by atoms with Gasteiger partial charge in [0.25, 0.3) is 5.91 Å². The molecule has 1 amide bonds. The second-order valence-corrected chi connectivity index (χ2v) is 10.7. The van der Waals surface area contributed by atoms with E-state index in [1.54, 1.807) is 66.9 Å². The van der Waals surface area contributed by atoms with Crippen LogP contribution >= 0.6 is 22.9 Å². The first-order valence-electron chi connectivity index (χ1n) is 12.1. The Bertz CT molecular complexity index is 1790. The van der Waals surface area contributed by atoms with E-state index >= 15 is 0 Å². The molecule has 3 N–H and O–H groups in total. The SMILES string of the molecule is CCc1cc(C(=O)c2ccccc2Cl)c(-n2c(C)nnc2C(C)(C(N)=O)n2cc(C(=O)O)c3ccccc32)s1. The van der Waals surface area contributed by atoms with Crippen LogP contribution in [0.25, 0.3) is 15.9 Å². The van der Waals surface area contributed by atoms with Gasteiger partial charge in [0, 0.05) is 22.0 Å². The molecule has 0 bridgehead atoms. The van der Waals surface area contributed by atoms with E-state index < -0.39 is 17.4 Å². The molecular weight excluding hydrogens is 538 g/mol. The zero-order valence-corrected chi connectivity index (χ0v) is 22.9. The molecule has 3 heterocycles. The first-order chi connectivity index (χ1) is 18.6. The first kappa shape index (κ1) is 26.3. The fraction of sp³-hybridized carbons (Fsp3) is 0.179. The third-order valence-corrected chi connectivity index (χ3v) is 8.44. The number of aryl methyl sites for hydroxylation is 2. The molecule has 5 rings (SSSR count). The van der Waals surface area contributed by atoms with Crippen molar-refractivity contribution in [2.45, 2.75) is 32.7 Å². The van der Waals surface area contributed by atoms with Crippen molar-refractivity contribution >= 4 is 51.5 Å². The molecule has 0 spiro atoms. The second-order valence-electron chi connectivity index (χ2n) is 9.17. The number of primary amides is 1. The van der Waals surface area contributed by atoms with Crippen LogP contribution in [0.2, 0.25) is 5.02 Å². The van der Waals surface area contributed by atoms with Crippen molar-refractivity contribution < 1.29 is 19.5 Å². The maximum atomic E-state index is 13.7. The van der Waals surface area contributed by atoms with E-state index in [2.05, 4.69) is 10.2 Å². The lowest BCUT2D eigenvalue weighted by Gasteiger charge is -2.28. The van der Waals surface area contributed by atoms with Crippen LogP contribution in [0, 0.1) is 6.92 Å². The third kappa shape index (κ3) is 4.12. The van der Waals surface area contributed by atoms with Crippen LogP contribution in [0.3, 0.4) is 0 Å². The predicted octanol–water partition coefficient (Wildman–Crippen LogP) is 4.99. The molecule has 0 aliphatic heterocycles. The van der Waals surface area contributed by atoms with Crippen LogP contribution in [0.1, 0.15) is 56.7 Å². The van der Waals surface area contributed by atoms with E-state index in [4.69, 9.17) is 17.3 Å². The summed E-state index contributed by atoms with van der Waals surface area (Å²) < 4.78 is 3.16. The highest BCUT2D eigenvalue weighted by molar-refractivity contribution is 7.15. The summed E-state index contributed by atoms with van der Waals surface area (Å²) in [6, 6.07) is 15.4. The predicted molar refractivity (Wildman–Crippen MR) is 149 cm³/mol. The summed E-state index contributed by atoms with van der Waals surface area (Å²) in [5, 5.41) is 19.8. The summed E-state index contributed by atoms with van der Waals surface area (Å²) in [7, 11) is 0. The van der Waals surface area contributed by atoms with Gasteiger partial charge < -0.3 is 15.4 Å². The molecule has 0 aliphatic rings. The largest absolute Gasteiger partial charge is 0.478 e. The van der Waals surface area contributed by atoms with Crippen LogP contribution in [-0.4, -0.2) is 42.1 Å². The number of thiophene rings is 1. The van der Waals surface area contributed by atoms with Gasteiger partial charge in [-0.1, -0.05) is 48.9 Å². The first-order valence-corrected chi connectivity index (χ1v) is 13.3. The molecule has 5 aromatic rings. The number of carbonyl (C=O) groups is 3. The number of rotatable bonds is 8. The topological polar surface area (TPSA) is 133 Å². The highest BCUT2D eigenvalue weighted by atomic mass is 35.5. The van der Waals surface area contributed by atoms with E-state index in [1.807, 2.05) is 13.0 Å². The Kier molecular flexibility index (Phi) is 6.61. The van der Waals surface area contributed by atoms with Crippen LogP contribution in [0.15, 0.2) is 60.8 Å². The van der Waals surface area contributed by atoms with Crippen LogP contribution < -0.4 is 5.73 Å². The zero-order valence-electron chi connectivity index (χ0n) is 21.3. The number of fused-ring (bicyclic) bond motifs is 1. The lowest BCUT2D eigenvalue weighted by Crippen LogP contribution is -2.46. The number of aromatic carboxylic acids is 1. The summed E-state index contributed by atoms with van der Waals surface area (Å²) in [5.74, 6) is -1.65. The normalized spacial score (nSPS) is 12.9. The van der Waals surface area contributed by atoms with Gasteiger partial charge in [0.2, 0.25) is 0 Å². The van der Waals surface area contributed by atoms with Crippen LogP contribution in [-0.2, 0) is 16.8 Å². The second kappa shape index (κ2) is 9.79. The Morgan fingerprint density at radius 2 is 1.74 bits per heavy atom. The van der Waals surface area contributed by atoms with E-state index in [0.29, 0.717) is 44.3 Å². The number of nitrogens with two attached hydrogens (primary N) is 1. The number of carboxylic acids is 1.